The van der Waals surface area contributed by atoms with Crippen LogP contribution in [0.1, 0.15) is 25.8 Å². The van der Waals surface area contributed by atoms with Gasteiger partial charge < -0.3 is 19.3 Å². The van der Waals surface area contributed by atoms with Crippen molar-refractivity contribution in [2.45, 2.75) is 20.3 Å². The molecule has 0 saturated heterocycles. The van der Waals surface area contributed by atoms with E-state index in [9.17, 15) is 9.90 Å². The van der Waals surface area contributed by atoms with E-state index >= 15 is 0 Å². The summed E-state index contributed by atoms with van der Waals surface area (Å²) in [4.78, 5) is 11.7. The highest BCUT2D eigenvalue weighted by atomic mass is 16.5. The van der Waals surface area contributed by atoms with Crippen LogP contribution in [-0.2, 0) is 9.53 Å². The Kier molecular flexibility index (Phi) is 6.46. The summed E-state index contributed by atoms with van der Waals surface area (Å²) in [7, 11) is 1.44. The topological polar surface area (TPSA) is 65.0 Å². The first-order chi connectivity index (χ1) is 12.1. The number of hydrogen-bond acceptors (Lipinski definition) is 4. The minimum atomic E-state index is -1.07. The zero-order valence-electron chi connectivity index (χ0n) is 14.6. The number of carbonyl (C=O) groups is 1. The van der Waals surface area contributed by atoms with Gasteiger partial charge in [0.25, 0.3) is 0 Å². The van der Waals surface area contributed by atoms with Gasteiger partial charge in [0.05, 0.1) is 13.7 Å². The van der Waals surface area contributed by atoms with Crippen molar-refractivity contribution >= 4 is 11.5 Å². The Morgan fingerprint density at radius 3 is 2.48 bits per heavy atom. The summed E-state index contributed by atoms with van der Waals surface area (Å²) in [5.74, 6) is 0.947. The van der Waals surface area contributed by atoms with Gasteiger partial charge in [-0.15, -0.1) is 0 Å². The highest BCUT2D eigenvalue weighted by Crippen LogP contribution is 2.33. The van der Waals surface area contributed by atoms with Crippen molar-refractivity contribution in [2.75, 3.05) is 13.7 Å². The van der Waals surface area contributed by atoms with Crippen LogP contribution >= 0.6 is 0 Å². The van der Waals surface area contributed by atoms with Gasteiger partial charge in [-0.25, -0.2) is 4.79 Å². The third-order valence-electron chi connectivity index (χ3n) is 3.53. The van der Waals surface area contributed by atoms with Crippen LogP contribution in [0.2, 0.25) is 0 Å². The van der Waals surface area contributed by atoms with Crippen molar-refractivity contribution in [3.05, 3.63) is 59.9 Å². The maximum Gasteiger partial charge on any atom is 0.339 e. The molecule has 2 aromatic carbocycles. The number of methoxy groups -OCH3 is 1. The second-order valence-electron chi connectivity index (χ2n) is 5.36. The number of carboxylic acid groups (broad SMARTS) is 1. The number of para-hydroxylation sites is 1. The van der Waals surface area contributed by atoms with Crippen LogP contribution in [0, 0.1) is 0 Å². The summed E-state index contributed by atoms with van der Waals surface area (Å²) in [6.45, 7) is 4.27. The Morgan fingerprint density at radius 1 is 1.08 bits per heavy atom. The SMILES string of the molecule is CCCOc1cccc(Oc2ccccc2C(C(=O)O)=C(C)OC)c1. The van der Waals surface area contributed by atoms with E-state index in [1.807, 2.05) is 19.1 Å². The molecule has 2 aromatic rings. The highest BCUT2D eigenvalue weighted by Gasteiger charge is 2.19. The van der Waals surface area contributed by atoms with Crippen molar-refractivity contribution in [3.63, 3.8) is 0 Å². The van der Waals surface area contributed by atoms with E-state index in [2.05, 4.69) is 0 Å². The highest BCUT2D eigenvalue weighted by molar-refractivity contribution is 6.16. The maximum absolute atomic E-state index is 11.7. The van der Waals surface area contributed by atoms with Crippen molar-refractivity contribution in [1.82, 2.24) is 0 Å². The van der Waals surface area contributed by atoms with E-state index in [0.717, 1.165) is 6.42 Å². The smallest absolute Gasteiger partial charge is 0.339 e. The summed E-state index contributed by atoms with van der Waals surface area (Å²) in [5, 5.41) is 9.55. The molecule has 132 valence electrons. The first-order valence-corrected chi connectivity index (χ1v) is 8.05. The standard InChI is InChI=1S/C20H22O5/c1-4-12-24-15-8-7-9-16(13-15)25-18-11-6-5-10-17(18)19(20(21)22)14(2)23-3/h5-11,13H,4,12H2,1-3H3,(H,21,22). The Labute approximate surface area is 147 Å². The number of ether oxygens (including phenoxy) is 3. The molecule has 0 aliphatic rings. The molecule has 0 bridgehead atoms. The Bertz CT molecular complexity index is 764. The Morgan fingerprint density at radius 2 is 1.80 bits per heavy atom. The molecule has 0 spiro atoms. The second kappa shape index (κ2) is 8.78. The zero-order valence-corrected chi connectivity index (χ0v) is 14.6. The molecule has 0 atom stereocenters. The lowest BCUT2D eigenvalue weighted by Crippen LogP contribution is -2.05. The third kappa shape index (κ3) is 4.76. The molecule has 0 aliphatic carbocycles. The lowest BCUT2D eigenvalue weighted by atomic mass is 10.0. The Balaban J connectivity index is 2.37. The number of benzene rings is 2. The summed E-state index contributed by atoms with van der Waals surface area (Å²) < 4.78 is 16.6. The van der Waals surface area contributed by atoms with Crippen molar-refractivity contribution in [1.29, 1.82) is 0 Å². The molecule has 0 amide bonds. The van der Waals surface area contributed by atoms with Gasteiger partial charge in [-0.05, 0) is 31.5 Å². The fraction of sp³-hybridized carbons (Fsp3) is 0.250. The molecule has 5 nitrogen and oxygen atoms in total. The number of allylic oxidation sites excluding steroid dienone is 1. The molecule has 5 heteroatoms. The number of hydrogen-bond donors (Lipinski definition) is 1. The van der Waals surface area contributed by atoms with Crippen LogP contribution in [0.5, 0.6) is 17.2 Å². The van der Waals surface area contributed by atoms with Crippen LogP contribution in [0.3, 0.4) is 0 Å². The van der Waals surface area contributed by atoms with Crippen LogP contribution < -0.4 is 9.47 Å². The molecule has 25 heavy (non-hydrogen) atoms. The van der Waals surface area contributed by atoms with E-state index in [4.69, 9.17) is 14.2 Å². The largest absolute Gasteiger partial charge is 0.500 e. The molecule has 0 heterocycles. The quantitative estimate of drug-likeness (QED) is 0.555. The lowest BCUT2D eigenvalue weighted by Gasteiger charge is -2.14. The van der Waals surface area contributed by atoms with Gasteiger partial charge >= 0.3 is 5.97 Å². The Hall–Kier alpha value is -2.95. The molecular weight excluding hydrogens is 320 g/mol. The van der Waals surface area contributed by atoms with Crippen molar-refractivity contribution in [2.24, 2.45) is 0 Å². The van der Waals surface area contributed by atoms with Crippen molar-refractivity contribution in [3.8, 4) is 17.2 Å². The van der Waals surface area contributed by atoms with Gasteiger partial charge in [-0.3, -0.25) is 0 Å². The van der Waals surface area contributed by atoms with Gasteiger partial charge in [-0.1, -0.05) is 31.2 Å². The number of aliphatic carboxylic acids is 1. The average Bonchev–Trinajstić information content (AvgIpc) is 2.61. The van der Waals surface area contributed by atoms with E-state index in [1.54, 1.807) is 43.3 Å². The van der Waals surface area contributed by atoms with Gasteiger partial charge in [0, 0.05) is 11.6 Å². The number of carboxylic acids is 1. The molecule has 0 aliphatic heterocycles. The summed E-state index contributed by atoms with van der Waals surface area (Å²) in [5.41, 5.74) is 0.519. The van der Waals surface area contributed by atoms with E-state index in [1.165, 1.54) is 7.11 Å². The minimum Gasteiger partial charge on any atom is -0.500 e. The fourth-order valence-electron chi connectivity index (χ4n) is 2.29. The molecular formula is C20H22O5. The van der Waals surface area contributed by atoms with Crippen LogP contribution in [0.15, 0.2) is 54.3 Å². The van der Waals surface area contributed by atoms with E-state index < -0.39 is 5.97 Å². The first kappa shape index (κ1) is 18.4. The fourth-order valence-corrected chi connectivity index (χ4v) is 2.29. The first-order valence-electron chi connectivity index (χ1n) is 8.05. The molecule has 0 unspecified atom stereocenters. The zero-order chi connectivity index (χ0) is 18.2. The van der Waals surface area contributed by atoms with Gasteiger partial charge in [0.1, 0.15) is 28.6 Å². The van der Waals surface area contributed by atoms with Gasteiger partial charge in [0.2, 0.25) is 0 Å². The van der Waals surface area contributed by atoms with Crippen LogP contribution in [-0.4, -0.2) is 24.8 Å². The van der Waals surface area contributed by atoms with E-state index in [0.29, 0.717) is 35.2 Å². The molecule has 0 fully saturated rings. The third-order valence-corrected chi connectivity index (χ3v) is 3.53. The number of rotatable bonds is 8. The summed E-state index contributed by atoms with van der Waals surface area (Å²) >= 11 is 0. The maximum atomic E-state index is 11.7. The van der Waals surface area contributed by atoms with E-state index in [-0.39, 0.29) is 5.57 Å². The summed E-state index contributed by atoms with van der Waals surface area (Å²) in [6.07, 6.45) is 0.914. The molecule has 1 N–H and O–H groups in total. The molecule has 2 rings (SSSR count). The predicted molar refractivity (Wildman–Crippen MR) is 96.0 cm³/mol. The van der Waals surface area contributed by atoms with Crippen LogP contribution in [0.4, 0.5) is 0 Å². The lowest BCUT2D eigenvalue weighted by molar-refractivity contribution is -0.130. The molecule has 0 radical (unpaired) electrons. The molecule has 0 aromatic heterocycles. The van der Waals surface area contributed by atoms with Crippen LogP contribution in [0.25, 0.3) is 5.57 Å². The van der Waals surface area contributed by atoms with Gasteiger partial charge in [-0.2, -0.15) is 0 Å². The summed E-state index contributed by atoms with van der Waals surface area (Å²) in [6, 6.07) is 14.2. The average molecular weight is 342 g/mol. The van der Waals surface area contributed by atoms with Gasteiger partial charge in [0.15, 0.2) is 0 Å². The molecule has 0 saturated carbocycles. The predicted octanol–water partition coefficient (Wildman–Crippen LogP) is 4.73. The minimum absolute atomic E-state index is 0.0662. The normalized spacial score (nSPS) is 11.5. The van der Waals surface area contributed by atoms with Crippen molar-refractivity contribution < 1.29 is 24.1 Å². The monoisotopic (exact) mass is 342 g/mol. The second-order valence-corrected chi connectivity index (χ2v) is 5.36.